The van der Waals surface area contributed by atoms with E-state index < -0.39 is 17.5 Å². The van der Waals surface area contributed by atoms with E-state index in [1.54, 1.807) is 18.2 Å². The second kappa shape index (κ2) is 5.50. The molecule has 2 aromatic rings. The van der Waals surface area contributed by atoms with E-state index in [2.05, 4.69) is 0 Å². The summed E-state index contributed by atoms with van der Waals surface area (Å²) >= 11 is 11.7. The van der Waals surface area contributed by atoms with Crippen molar-refractivity contribution in [3.05, 3.63) is 57.8 Å². The molecule has 2 rings (SSSR count). The molecule has 0 aliphatic rings. The summed E-state index contributed by atoms with van der Waals surface area (Å²) in [5.74, 6) is -1.86. The normalized spacial score (nSPS) is 11.7. The largest absolute Gasteiger partial charge is 0.454 e. The van der Waals surface area contributed by atoms with Crippen LogP contribution in [0.3, 0.4) is 0 Å². The average molecular weight is 322 g/mol. The maximum absolute atomic E-state index is 12.3. The van der Waals surface area contributed by atoms with E-state index in [1.807, 2.05) is 0 Å². The summed E-state index contributed by atoms with van der Waals surface area (Å²) in [4.78, 5) is 11.1. The van der Waals surface area contributed by atoms with Crippen LogP contribution in [-0.2, 0) is 6.54 Å². The topological polar surface area (TPSA) is 22.0 Å². The molecule has 7 heteroatoms. The molecular formula is C13H8Cl2F3NO. The number of carbonyl (C=O) groups excluding carboxylic acids is 1. The van der Waals surface area contributed by atoms with Crippen molar-refractivity contribution in [2.45, 2.75) is 12.7 Å². The molecule has 0 bridgehead atoms. The van der Waals surface area contributed by atoms with Gasteiger partial charge in [-0.1, -0.05) is 29.3 Å². The standard InChI is InChI=1S/C13H8Cl2F3NO/c14-10-2-1-8(11(15)5-10)6-19-4-3-9(7-19)12(20)13(16,17)18/h1-5,7H,6H2. The first-order valence-corrected chi connectivity index (χ1v) is 6.24. The molecule has 0 saturated heterocycles. The van der Waals surface area contributed by atoms with Gasteiger partial charge in [-0.2, -0.15) is 13.2 Å². The van der Waals surface area contributed by atoms with Gasteiger partial charge in [0, 0.05) is 34.5 Å². The Morgan fingerprint density at radius 2 is 1.90 bits per heavy atom. The lowest BCUT2D eigenvalue weighted by atomic mass is 10.2. The number of rotatable bonds is 3. The third kappa shape index (κ3) is 3.35. The smallest absolute Gasteiger partial charge is 0.349 e. The first-order valence-electron chi connectivity index (χ1n) is 5.48. The summed E-state index contributed by atoms with van der Waals surface area (Å²) in [6.07, 6.45) is -2.34. The molecule has 0 fully saturated rings. The molecular weight excluding hydrogens is 314 g/mol. The number of alkyl halides is 3. The van der Waals surface area contributed by atoms with Crippen LogP contribution in [0, 0.1) is 0 Å². The first kappa shape index (κ1) is 14.9. The molecule has 1 aromatic heterocycles. The predicted molar refractivity (Wildman–Crippen MR) is 70.4 cm³/mol. The van der Waals surface area contributed by atoms with Crippen LogP contribution in [0.1, 0.15) is 15.9 Å². The van der Waals surface area contributed by atoms with Gasteiger partial charge in [-0.25, -0.2) is 0 Å². The second-order valence-electron chi connectivity index (χ2n) is 4.14. The van der Waals surface area contributed by atoms with E-state index in [4.69, 9.17) is 23.2 Å². The highest BCUT2D eigenvalue weighted by Gasteiger charge is 2.39. The number of ketones is 1. The Hall–Kier alpha value is -1.46. The number of benzene rings is 1. The minimum absolute atomic E-state index is 0.251. The zero-order valence-corrected chi connectivity index (χ0v) is 11.4. The number of carbonyl (C=O) groups is 1. The molecule has 0 aliphatic heterocycles. The summed E-state index contributed by atoms with van der Waals surface area (Å²) in [5.41, 5.74) is 0.292. The Morgan fingerprint density at radius 1 is 1.20 bits per heavy atom. The monoisotopic (exact) mass is 321 g/mol. The minimum atomic E-state index is -4.87. The third-order valence-corrected chi connectivity index (χ3v) is 3.23. The molecule has 0 radical (unpaired) electrons. The van der Waals surface area contributed by atoms with Crippen molar-refractivity contribution in [3.63, 3.8) is 0 Å². The number of Topliss-reactive ketones (excluding diaryl/α,β-unsaturated/α-hetero) is 1. The number of nitrogens with zero attached hydrogens (tertiary/aromatic N) is 1. The highest BCUT2D eigenvalue weighted by atomic mass is 35.5. The number of halogens is 5. The SMILES string of the molecule is O=C(c1ccn(Cc2ccc(Cl)cc2Cl)c1)C(F)(F)F. The second-order valence-corrected chi connectivity index (χ2v) is 4.98. The van der Waals surface area contributed by atoms with Gasteiger partial charge in [0.1, 0.15) is 0 Å². The zero-order valence-electron chi connectivity index (χ0n) is 9.92. The lowest BCUT2D eigenvalue weighted by Gasteiger charge is -2.06. The highest BCUT2D eigenvalue weighted by Crippen LogP contribution is 2.24. The van der Waals surface area contributed by atoms with Crippen molar-refractivity contribution < 1.29 is 18.0 Å². The van der Waals surface area contributed by atoms with E-state index in [0.29, 0.717) is 15.6 Å². The molecule has 0 saturated carbocycles. The van der Waals surface area contributed by atoms with Crippen molar-refractivity contribution >= 4 is 29.0 Å². The van der Waals surface area contributed by atoms with E-state index in [-0.39, 0.29) is 6.54 Å². The summed E-state index contributed by atoms with van der Waals surface area (Å²) in [7, 11) is 0. The fraction of sp³-hybridized carbons (Fsp3) is 0.154. The summed E-state index contributed by atoms with van der Waals surface area (Å²) in [6.45, 7) is 0.251. The zero-order chi connectivity index (χ0) is 14.9. The van der Waals surface area contributed by atoms with Crippen molar-refractivity contribution in [2.75, 3.05) is 0 Å². The van der Waals surface area contributed by atoms with Crippen LogP contribution in [0.15, 0.2) is 36.7 Å². The minimum Gasteiger partial charge on any atom is -0.349 e. The lowest BCUT2D eigenvalue weighted by molar-refractivity contribution is -0.0885. The Labute approximate surface area is 122 Å². The Bertz CT molecular complexity index is 649. The van der Waals surface area contributed by atoms with Gasteiger partial charge < -0.3 is 4.57 Å². The number of hydrogen-bond donors (Lipinski definition) is 0. The van der Waals surface area contributed by atoms with Crippen molar-refractivity contribution in [1.29, 1.82) is 0 Å². The maximum Gasteiger partial charge on any atom is 0.454 e. The fourth-order valence-corrected chi connectivity index (χ4v) is 2.15. The maximum atomic E-state index is 12.3. The van der Waals surface area contributed by atoms with Gasteiger partial charge >= 0.3 is 6.18 Å². The molecule has 1 aromatic carbocycles. The lowest BCUT2D eigenvalue weighted by Crippen LogP contribution is -2.22. The van der Waals surface area contributed by atoms with E-state index in [0.717, 1.165) is 12.3 Å². The summed E-state index contributed by atoms with van der Waals surface area (Å²) in [6, 6.07) is 5.98. The van der Waals surface area contributed by atoms with Crippen LogP contribution >= 0.6 is 23.2 Å². The van der Waals surface area contributed by atoms with Gasteiger partial charge in [0.15, 0.2) is 0 Å². The van der Waals surface area contributed by atoms with Crippen molar-refractivity contribution in [3.8, 4) is 0 Å². The number of hydrogen-bond acceptors (Lipinski definition) is 1. The molecule has 2 nitrogen and oxygen atoms in total. The molecule has 106 valence electrons. The Balaban J connectivity index is 2.20. The van der Waals surface area contributed by atoms with Crippen LogP contribution in [0.5, 0.6) is 0 Å². The molecule has 0 aliphatic carbocycles. The van der Waals surface area contributed by atoms with Crippen molar-refractivity contribution in [2.24, 2.45) is 0 Å². The Morgan fingerprint density at radius 3 is 2.50 bits per heavy atom. The predicted octanol–water partition coefficient (Wildman–Crippen LogP) is 4.59. The molecule has 0 spiro atoms. The molecule has 0 atom stereocenters. The van der Waals surface area contributed by atoms with Gasteiger partial charge in [0.2, 0.25) is 0 Å². The van der Waals surface area contributed by atoms with Gasteiger partial charge in [-0.3, -0.25) is 4.79 Å². The average Bonchev–Trinajstić information content (AvgIpc) is 2.79. The van der Waals surface area contributed by atoms with Crippen LogP contribution in [0.4, 0.5) is 13.2 Å². The van der Waals surface area contributed by atoms with E-state index in [1.165, 1.54) is 10.8 Å². The molecule has 1 heterocycles. The quantitative estimate of drug-likeness (QED) is 0.758. The van der Waals surface area contributed by atoms with Crippen molar-refractivity contribution in [1.82, 2.24) is 4.57 Å². The van der Waals surface area contributed by atoms with Crippen LogP contribution < -0.4 is 0 Å². The third-order valence-electron chi connectivity index (χ3n) is 2.64. The molecule has 20 heavy (non-hydrogen) atoms. The van der Waals surface area contributed by atoms with Crippen LogP contribution in [0.2, 0.25) is 10.0 Å². The van der Waals surface area contributed by atoms with E-state index >= 15 is 0 Å². The summed E-state index contributed by atoms with van der Waals surface area (Å²) in [5, 5.41) is 0.883. The van der Waals surface area contributed by atoms with Crippen LogP contribution in [-0.4, -0.2) is 16.5 Å². The number of aromatic nitrogens is 1. The highest BCUT2D eigenvalue weighted by molar-refractivity contribution is 6.35. The van der Waals surface area contributed by atoms with Gasteiger partial charge in [0.05, 0.1) is 0 Å². The molecule has 0 N–H and O–H groups in total. The first-order chi connectivity index (χ1) is 9.27. The van der Waals surface area contributed by atoms with Crippen LogP contribution in [0.25, 0.3) is 0 Å². The van der Waals surface area contributed by atoms with E-state index in [9.17, 15) is 18.0 Å². The van der Waals surface area contributed by atoms with Gasteiger partial charge in [-0.15, -0.1) is 0 Å². The molecule has 0 amide bonds. The van der Waals surface area contributed by atoms with Gasteiger partial charge in [-0.05, 0) is 23.8 Å². The van der Waals surface area contributed by atoms with Gasteiger partial charge in [0.25, 0.3) is 5.78 Å². The molecule has 0 unspecified atom stereocenters. The Kier molecular flexibility index (Phi) is 4.11. The fourth-order valence-electron chi connectivity index (χ4n) is 1.68. The summed E-state index contributed by atoms with van der Waals surface area (Å²) < 4.78 is 38.3.